The van der Waals surface area contributed by atoms with E-state index in [1.54, 1.807) is 0 Å². The number of nitrogens with zero attached hydrogens (tertiary/aromatic N) is 1. The molecule has 0 amide bonds. The van der Waals surface area contributed by atoms with Crippen molar-refractivity contribution in [2.45, 2.75) is 19.8 Å². The highest BCUT2D eigenvalue weighted by Crippen LogP contribution is 2.38. The Morgan fingerprint density at radius 1 is 1.44 bits per heavy atom. The highest BCUT2D eigenvalue weighted by molar-refractivity contribution is 6.39. The van der Waals surface area contributed by atoms with Gasteiger partial charge >= 0.3 is 0 Å². The number of nitro benzene ring substituents is 1. The van der Waals surface area contributed by atoms with Crippen LogP contribution in [0.15, 0.2) is 12.1 Å². The summed E-state index contributed by atoms with van der Waals surface area (Å²) < 4.78 is 0. The van der Waals surface area contributed by atoms with Crippen LogP contribution in [-0.2, 0) is 0 Å². The van der Waals surface area contributed by atoms with Crippen molar-refractivity contribution < 1.29 is 4.92 Å². The third kappa shape index (κ3) is 3.06. The Hall–Kier alpha value is -1.00. The predicted octanol–water partition coefficient (Wildman–Crippen LogP) is 4.36. The van der Waals surface area contributed by atoms with E-state index in [9.17, 15) is 10.1 Å². The number of hydrogen-bond donors (Lipinski definition) is 1. The quantitative estimate of drug-likeness (QED) is 0.647. The Bertz CT molecular complexity index is 452. The molecule has 2 rings (SSSR count). The van der Waals surface area contributed by atoms with Crippen molar-refractivity contribution in [2.24, 2.45) is 11.8 Å². The van der Waals surface area contributed by atoms with E-state index in [4.69, 9.17) is 23.2 Å². The number of non-ortho nitro benzene ring substituents is 1. The molecule has 1 N–H and O–H groups in total. The summed E-state index contributed by atoms with van der Waals surface area (Å²) in [5.74, 6) is 1.35. The number of hydrogen-bond acceptors (Lipinski definition) is 3. The molecule has 0 saturated heterocycles. The summed E-state index contributed by atoms with van der Waals surface area (Å²) in [6.07, 6.45) is 2.56. The predicted molar refractivity (Wildman–Crippen MR) is 73.5 cm³/mol. The van der Waals surface area contributed by atoms with Crippen LogP contribution in [0.1, 0.15) is 19.8 Å². The van der Waals surface area contributed by atoms with Gasteiger partial charge in [0.05, 0.1) is 20.7 Å². The van der Waals surface area contributed by atoms with E-state index >= 15 is 0 Å². The number of nitro groups is 1. The zero-order chi connectivity index (χ0) is 13.3. The van der Waals surface area contributed by atoms with Gasteiger partial charge in [0.25, 0.3) is 5.69 Å². The van der Waals surface area contributed by atoms with E-state index in [0.29, 0.717) is 11.6 Å². The van der Waals surface area contributed by atoms with Crippen molar-refractivity contribution in [1.29, 1.82) is 0 Å². The van der Waals surface area contributed by atoms with Crippen LogP contribution in [-0.4, -0.2) is 11.5 Å². The molecule has 4 nitrogen and oxygen atoms in total. The van der Waals surface area contributed by atoms with Crippen LogP contribution in [0, 0.1) is 22.0 Å². The SMILES string of the molecule is CC(CNc1c(Cl)cc([N+](=O)[O-])cc1Cl)C1CC1. The minimum atomic E-state index is -0.506. The zero-order valence-corrected chi connectivity index (χ0v) is 11.5. The van der Waals surface area contributed by atoms with E-state index in [2.05, 4.69) is 12.2 Å². The molecule has 1 aromatic carbocycles. The summed E-state index contributed by atoms with van der Waals surface area (Å²) in [6.45, 7) is 2.96. The fraction of sp³-hybridized carbons (Fsp3) is 0.500. The van der Waals surface area contributed by atoms with Crippen molar-refractivity contribution in [1.82, 2.24) is 0 Å². The molecule has 1 unspecified atom stereocenters. The van der Waals surface area contributed by atoms with Crippen LogP contribution in [0.3, 0.4) is 0 Å². The summed E-state index contributed by atoms with van der Waals surface area (Å²) in [5.41, 5.74) is 0.488. The second kappa shape index (κ2) is 5.33. The van der Waals surface area contributed by atoms with Gasteiger partial charge in [0.1, 0.15) is 0 Å². The molecule has 98 valence electrons. The maximum Gasteiger partial charge on any atom is 0.272 e. The molecule has 0 heterocycles. The average molecular weight is 289 g/mol. The third-order valence-corrected chi connectivity index (χ3v) is 3.86. The maximum absolute atomic E-state index is 10.6. The molecule has 1 atom stereocenters. The molecule has 1 aliphatic rings. The molecular formula is C12H14Cl2N2O2. The van der Waals surface area contributed by atoms with Crippen molar-refractivity contribution in [3.05, 3.63) is 32.3 Å². The topological polar surface area (TPSA) is 55.2 Å². The van der Waals surface area contributed by atoms with E-state index in [1.807, 2.05) is 0 Å². The second-order valence-electron chi connectivity index (χ2n) is 4.74. The first kappa shape index (κ1) is 13.4. The summed E-state index contributed by atoms with van der Waals surface area (Å²) in [5, 5.41) is 14.4. The van der Waals surface area contributed by atoms with Gasteiger partial charge in [-0.2, -0.15) is 0 Å². The Morgan fingerprint density at radius 3 is 2.44 bits per heavy atom. The first-order valence-electron chi connectivity index (χ1n) is 5.86. The van der Waals surface area contributed by atoms with Crippen LogP contribution in [0.5, 0.6) is 0 Å². The first-order valence-corrected chi connectivity index (χ1v) is 6.62. The molecule has 1 saturated carbocycles. The third-order valence-electron chi connectivity index (χ3n) is 3.27. The largest absolute Gasteiger partial charge is 0.382 e. The molecule has 1 aliphatic carbocycles. The van der Waals surface area contributed by atoms with E-state index in [1.165, 1.54) is 25.0 Å². The molecule has 0 aliphatic heterocycles. The second-order valence-corrected chi connectivity index (χ2v) is 5.55. The molecule has 18 heavy (non-hydrogen) atoms. The fourth-order valence-electron chi connectivity index (χ4n) is 1.93. The highest BCUT2D eigenvalue weighted by Gasteiger charge is 2.27. The van der Waals surface area contributed by atoms with Gasteiger partial charge < -0.3 is 5.32 Å². The van der Waals surface area contributed by atoms with Gasteiger partial charge in [0.2, 0.25) is 0 Å². The number of anilines is 1. The minimum absolute atomic E-state index is 0.0919. The normalized spacial score (nSPS) is 16.4. The van der Waals surface area contributed by atoms with Crippen LogP contribution >= 0.6 is 23.2 Å². The first-order chi connectivity index (χ1) is 8.49. The zero-order valence-electron chi connectivity index (χ0n) is 9.95. The Labute approximate surface area is 115 Å². The van der Waals surface area contributed by atoms with Gasteiger partial charge in [-0.15, -0.1) is 0 Å². The Morgan fingerprint density at radius 2 is 2.00 bits per heavy atom. The lowest BCUT2D eigenvalue weighted by Gasteiger charge is -2.14. The van der Waals surface area contributed by atoms with Crippen molar-refractivity contribution in [3.63, 3.8) is 0 Å². The summed E-state index contributed by atoms with van der Waals surface area (Å²) >= 11 is 12.0. The van der Waals surface area contributed by atoms with Crippen LogP contribution in [0.25, 0.3) is 0 Å². The van der Waals surface area contributed by atoms with Gasteiger partial charge in [0.15, 0.2) is 0 Å². The molecule has 0 radical (unpaired) electrons. The maximum atomic E-state index is 10.6. The van der Waals surface area contributed by atoms with E-state index < -0.39 is 4.92 Å². The Balaban J connectivity index is 2.09. The molecule has 0 aromatic heterocycles. The van der Waals surface area contributed by atoms with Crippen molar-refractivity contribution in [3.8, 4) is 0 Å². The number of benzene rings is 1. The fourth-order valence-corrected chi connectivity index (χ4v) is 2.54. The van der Waals surface area contributed by atoms with Crippen LogP contribution < -0.4 is 5.32 Å². The van der Waals surface area contributed by atoms with Crippen molar-refractivity contribution >= 4 is 34.6 Å². The van der Waals surface area contributed by atoms with Gasteiger partial charge in [-0.3, -0.25) is 10.1 Å². The van der Waals surface area contributed by atoms with Gasteiger partial charge in [-0.1, -0.05) is 30.1 Å². The standard InChI is InChI=1S/C12H14Cl2N2O2/c1-7(8-2-3-8)6-15-12-10(13)4-9(16(17)18)5-11(12)14/h4-5,7-8,15H,2-3,6H2,1H3. The average Bonchev–Trinajstić information content (AvgIpc) is 3.10. The lowest BCUT2D eigenvalue weighted by Crippen LogP contribution is -2.13. The van der Waals surface area contributed by atoms with Gasteiger partial charge in [0, 0.05) is 18.7 Å². The Kier molecular flexibility index (Phi) is 3.97. The lowest BCUT2D eigenvalue weighted by molar-refractivity contribution is -0.384. The number of nitrogens with one attached hydrogen (secondary N) is 1. The van der Waals surface area contributed by atoms with Gasteiger partial charge in [-0.25, -0.2) is 0 Å². The van der Waals surface area contributed by atoms with Gasteiger partial charge in [-0.05, 0) is 24.7 Å². The van der Waals surface area contributed by atoms with Crippen LogP contribution in [0.4, 0.5) is 11.4 Å². The van der Waals surface area contributed by atoms with E-state index in [0.717, 1.165) is 12.5 Å². The molecule has 1 fully saturated rings. The highest BCUT2D eigenvalue weighted by atomic mass is 35.5. The van der Waals surface area contributed by atoms with Crippen LogP contribution in [0.2, 0.25) is 10.0 Å². The lowest BCUT2D eigenvalue weighted by atomic mass is 10.1. The number of halogens is 2. The molecular weight excluding hydrogens is 275 g/mol. The molecule has 6 heteroatoms. The van der Waals surface area contributed by atoms with Crippen molar-refractivity contribution in [2.75, 3.05) is 11.9 Å². The minimum Gasteiger partial charge on any atom is -0.382 e. The molecule has 1 aromatic rings. The summed E-state index contributed by atoms with van der Waals surface area (Å²) in [6, 6.07) is 2.63. The number of rotatable bonds is 5. The molecule has 0 bridgehead atoms. The molecule has 0 spiro atoms. The smallest absolute Gasteiger partial charge is 0.272 e. The monoisotopic (exact) mass is 288 g/mol. The summed E-state index contributed by atoms with van der Waals surface area (Å²) in [4.78, 5) is 10.1. The summed E-state index contributed by atoms with van der Waals surface area (Å²) in [7, 11) is 0. The van der Waals surface area contributed by atoms with E-state index in [-0.39, 0.29) is 15.7 Å².